The maximum absolute atomic E-state index is 6.21. The third-order valence-corrected chi connectivity index (χ3v) is 5.22. The number of ether oxygens (including phenoxy) is 1. The molecular formula is C20H14Cl2N4O2. The monoisotopic (exact) mass is 412 g/mol. The van der Waals surface area contributed by atoms with E-state index < -0.39 is 0 Å². The Labute approximate surface area is 170 Å². The Bertz CT molecular complexity index is 1140. The lowest BCUT2D eigenvalue weighted by Crippen LogP contribution is -2.21. The molecule has 2 aromatic heterocycles. The zero-order valence-electron chi connectivity index (χ0n) is 14.5. The van der Waals surface area contributed by atoms with Crippen molar-refractivity contribution in [2.24, 2.45) is 0 Å². The van der Waals surface area contributed by atoms with Crippen molar-refractivity contribution >= 4 is 23.2 Å². The van der Waals surface area contributed by atoms with Gasteiger partial charge in [-0.2, -0.15) is 10.1 Å². The van der Waals surface area contributed by atoms with Crippen LogP contribution in [0, 0.1) is 0 Å². The van der Waals surface area contributed by atoms with Gasteiger partial charge in [-0.15, -0.1) is 0 Å². The number of benzene rings is 2. The minimum atomic E-state index is -0.0844. The summed E-state index contributed by atoms with van der Waals surface area (Å²) in [5.74, 6) is 0.779. The molecule has 0 radical (unpaired) electrons. The second-order valence-corrected chi connectivity index (χ2v) is 7.30. The van der Waals surface area contributed by atoms with Crippen LogP contribution >= 0.6 is 23.2 Å². The Morgan fingerprint density at radius 1 is 1.04 bits per heavy atom. The van der Waals surface area contributed by atoms with Crippen LogP contribution < -0.4 is 0 Å². The van der Waals surface area contributed by atoms with Crippen LogP contribution in [0.4, 0.5) is 0 Å². The summed E-state index contributed by atoms with van der Waals surface area (Å²) in [5, 5.41) is 9.93. The molecule has 0 saturated carbocycles. The highest BCUT2D eigenvalue weighted by Gasteiger charge is 2.24. The van der Waals surface area contributed by atoms with Crippen molar-refractivity contribution in [2.75, 3.05) is 0 Å². The molecule has 0 amide bonds. The van der Waals surface area contributed by atoms with E-state index in [0.717, 1.165) is 11.3 Å². The van der Waals surface area contributed by atoms with E-state index in [1.54, 1.807) is 6.07 Å². The van der Waals surface area contributed by atoms with Crippen molar-refractivity contribution in [1.29, 1.82) is 0 Å². The predicted octanol–water partition coefficient (Wildman–Crippen LogP) is 5.18. The van der Waals surface area contributed by atoms with Gasteiger partial charge >= 0.3 is 0 Å². The van der Waals surface area contributed by atoms with Crippen LogP contribution in [0.15, 0.2) is 59.1 Å². The van der Waals surface area contributed by atoms with Crippen molar-refractivity contribution < 1.29 is 9.26 Å². The minimum Gasteiger partial charge on any atom is -0.365 e. The van der Waals surface area contributed by atoms with Crippen LogP contribution in [0.25, 0.3) is 23.0 Å². The van der Waals surface area contributed by atoms with E-state index >= 15 is 0 Å². The lowest BCUT2D eigenvalue weighted by molar-refractivity contribution is -0.00112. The van der Waals surface area contributed by atoms with Crippen LogP contribution in [0.5, 0.6) is 0 Å². The molecule has 4 aromatic rings. The first-order chi connectivity index (χ1) is 13.7. The summed E-state index contributed by atoms with van der Waals surface area (Å²) >= 11 is 12.2. The highest BCUT2D eigenvalue weighted by Crippen LogP contribution is 2.31. The second kappa shape index (κ2) is 7.05. The molecule has 1 atom stereocenters. The van der Waals surface area contributed by atoms with E-state index in [4.69, 9.17) is 32.5 Å². The standard InChI is InChI=1S/C20H14Cl2N4O2/c21-13-7-5-12(6-8-13)18-10-26-14(11-27-18)9-17(24-26)20-23-19(25-28-20)15-3-1-2-4-16(15)22/h1-9,18H,10-11H2/t18-/m1/s1. The van der Waals surface area contributed by atoms with Crippen molar-refractivity contribution in [2.45, 2.75) is 19.3 Å². The van der Waals surface area contributed by atoms with Gasteiger partial charge in [0.1, 0.15) is 6.10 Å². The number of nitrogens with zero attached hydrogens (tertiary/aromatic N) is 4. The van der Waals surface area contributed by atoms with E-state index in [1.165, 1.54) is 0 Å². The molecule has 0 spiro atoms. The van der Waals surface area contributed by atoms with Crippen molar-refractivity contribution in [3.05, 3.63) is 75.9 Å². The largest absolute Gasteiger partial charge is 0.365 e. The molecule has 0 saturated heterocycles. The molecule has 3 heterocycles. The van der Waals surface area contributed by atoms with Gasteiger partial charge in [-0.1, -0.05) is 52.6 Å². The number of fused-ring (bicyclic) bond motifs is 1. The Morgan fingerprint density at radius 2 is 1.86 bits per heavy atom. The summed E-state index contributed by atoms with van der Waals surface area (Å²) in [6.45, 7) is 1.05. The molecule has 8 heteroatoms. The van der Waals surface area contributed by atoms with Crippen molar-refractivity contribution in [3.63, 3.8) is 0 Å². The number of aromatic nitrogens is 4. The van der Waals surface area contributed by atoms with Gasteiger partial charge < -0.3 is 9.26 Å². The molecule has 1 aliphatic heterocycles. The molecule has 0 aliphatic carbocycles. The van der Waals surface area contributed by atoms with Gasteiger partial charge in [0.25, 0.3) is 5.89 Å². The van der Waals surface area contributed by atoms with Crippen LogP contribution in [0.3, 0.4) is 0 Å². The molecule has 0 bridgehead atoms. The van der Waals surface area contributed by atoms with Gasteiger partial charge in [0.15, 0.2) is 5.69 Å². The molecule has 28 heavy (non-hydrogen) atoms. The summed E-state index contributed by atoms with van der Waals surface area (Å²) in [6, 6.07) is 16.9. The lowest BCUT2D eigenvalue weighted by atomic mass is 10.1. The molecule has 0 N–H and O–H groups in total. The van der Waals surface area contributed by atoms with E-state index in [1.807, 2.05) is 53.2 Å². The smallest absolute Gasteiger partial charge is 0.278 e. The van der Waals surface area contributed by atoms with Gasteiger partial charge in [-0.05, 0) is 35.9 Å². The second-order valence-electron chi connectivity index (χ2n) is 6.46. The van der Waals surface area contributed by atoms with E-state index in [9.17, 15) is 0 Å². The van der Waals surface area contributed by atoms with Crippen LogP contribution in [-0.4, -0.2) is 19.9 Å². The van der Waals surface area contributed by atoms with Gasteiger partial charge in [0, 0.05) is 10.6 Å². The summed E-state index contributed by atoms with van der Waals surface area (Å²) in [6.07, 6.45) is -0.0844. The average molecular weight is 413 g/mol. The summed E-state index contributed by atoms with van der Waals surface area (Å²) in [7, 11) is 0. The molecule has 1 aliphatic rings. The first kappa shape index (κ1) is 17.4. The van der Waals surface area contributed by atoms with Gasteiger partial charge in [0.05, 0.1) is 23.9 Å². The third-order valence-electron chi connectivity index (χ3n) is 4.64. The van der Waals surface area contributed by atoms with E-state index in [2.05, 4.69) is 15.2 Å². The van der Waals surface area contributed by atoms with Gasteiger partial charge in [0.2, 0.25) is 5.82 Å². The Kier molecular flexibility index (Phi) is 4.39. The topological polar surface area (TPSA) is 66.0 Å². The Morgan fingerprint density at radius 3 is 2.68 bits per heavy atom. The fraction of sp³-hybridized carbons (Fsp3) is 0.150. The molecule has 0 fully saturated rings. The maximum Gasteiger partial charge on any atom is 0.278 e. The highest BCUT2D eigenvalue weighted by atomic mass is 35.5. The lowest BCUT2D eigenvalue weighted by Gasteiger charge is -2.24. The van der Waals surface area contributed by atoms with Gasteiger partial charge in [-0.25, -0.2) is 0 Å². The minimum absolute atomic E-state index is 0.0844. The fourth-order valence-corrected chi connectivity index (χ4v) is 3.53. The number of halogens is 2. The van der Waals surface area contributed by atoms with E-state index in [-0.39, 0.29) is 6.10 Å². The molecule has 0 unspecified atom stereocenters. The zero-order chi connectivity index (χ0) is 19.1. The quantitative estimate of drug-likeness (QED) is 0.463. The highest BCUT2D eigenvalue weighted by molar-refractivity contribution is 6.33. The number of hydrogen-bond donors (Lipinski definition) is 0. The van der Waals surface area contributed by atoms with Crippen LogP contribution in [0.1, 0.15) is 17.4 Å². The van der Waals surface area contributed by atoms with Crippen molar-refractivity contribution in [1.82, 2.24) is 19.9 Å². The Balaban J connectivity index is 1.41. The van der Waals surface area contributed by atoms with Crippen LogP contribution in [-0.2, 0) is 17.9 Å². The summed E-state index contributed by atoms with van der Waals surface area (Å²) in [5.41, 5.74) is 3.35. The first-order valence-electron chi connectivity index (χ1n) is 8.70. The van der Waals surface area contributed by atoms with E-state index in [0.29, 0.717) is 46.2 Å². The fourth-order valence-electron chi connectivity index (χ4n) is 3.19. The maximum atomic E-state index is 6.21. The zero-order valence-corrected chi connectivity index (χ0v) is 16.1. The normalized spacial score (nSPS) is 16.1. The van der Waals surface area contributed by atoms with Crippen molar-refractivity contribution in [3.8, 4) is 23.0 Å². The predicted molar refractivity (Wildman–Crippen MR) is 105 cm³/mol. The molecule has 140 valence electrons. The number of rotatable bonds is 3. The third kappa shape index (κ3) is 3.20. The van der Waals surface area contributed by atoms with Gasteiger partial charge in [-0.3, -0.25) is 4.68 Å². The summed E-state index contributed by atoms with van der Waals surface area (Å²) in [4.78, 5) is 4.45. The SMILES string of the molecule is Clc1ccc([C@H]2Cn3nc(-c4nc(-c5ccccc5Cl)no4)cc3CO2)cc1. The molecule has 5 rings (SSSR count). The van der Waals surface area contributed by atoms with Crippen LogP contribution in [0.2, 0.25) is 10.0 Å². The number of hydrogen-bond acceptors (Lipinski definition) is 5. The molecular weight excluding hydrogens is 399 g/mol. The Hall–Kier alpha value is -2.67. The molecule has 6 nitrogen and oxygen atoms in total. The average Bonchev–Trinajstić information content (AvgIpc) is 3.35. The first-order valence-corrected chi connectivity index (χ1v) is 9.46. The summed E-state index contributed by atoms with van der Waals surface area (Å²) < 4.78 is 13.3. The molecule has 2 aromatic carbocycles.